The summed E-state index contributed by atoms with van der Waals surface area (Å²) < 4.78 is 35.6. The molecule has 1 aliphatic heterocycles. The number of rotatable bonds is 8. The number of nitro groups is 1. The number of sulfonamides is 1. The second-order valence-corrected chi connectivity index (χ2v) is 9.51. The second-order valence-electron chi connectivity index (χ2n) is 7.53. The van der Waals surface area contributed by atoms with Gasteiger partial charge in [-0.15, -0.1) is 0 Å². The molecule has 0 bridgehead atoms. The largest absolute Gasteiger partial charge is 0.497 e. The van der Waals surface area contributed by atoms with Gasteiger partial charge in [-0.3, -0.25) is 14.9 Å². The summed E-state index contributed by atoms with van der Waals surface area (Å²) in [5.41, 5.74) is -0.178. The van der Waals surface area contributed by atoms with E-state index in [1.807, 2.05) is 0 Å². The molecule has 0 aromatic heterocycles. The Balaban J connectivity index is 1.70. The van der Waals surface area contributed by atoms with Crippen LogP contribution in [-0.2, 0) is 10.0 Å². The number of ether oxygens (including phenoxy) is 2. The van der Waals surface area contributed by atoms with Crippen molar-refractivity contribution >= 4 is 21.6 Å². The molecule has 2 aromatic carbocycles. The highest BCUT2D eigenvalue weighted by Crippen LogP contribution is 2.30. The van der Waals surface area contributed by atoms with Crippen LogP contribution in [0, 0.1) is 16.0 Å². The average molecular weight is 464 g/mol. The van der Waals surface area contributed by atoms with Gasteiger partial charge in [-0.2, -0.15) is 0 Å². The lowest BCUT2D eigenvalue weighted by Crippen LogP contribution is -2.41. The van der Waals surface area contributed by atoms with Crippen molar-refractivity contribution in [3.05, 3.63) is 58.1 Å². The Morgan fingerprint density at radius 2 is 1.78 bits per heavy atom. The number of amides is 1. The van der Waals surface area contributed by atoms with E-state index in [0.717, 1.165) is 0 Å². The maximum atomic E-state index is 12.9. The molecule has 0 aliphatic carbocycles. The lowest BCUT2D eigenvalue weighted by Gasteiger charge is -2.30. The van der Waals surface area contributed by atoms with Crippen LogP contribution in [0.15, 0.2) is 42.5 Å². The number of nitro benzene ring substituents is 1. The Morgan fingerprint density at radius 3 is 2.34 bits per heavy atom. The van der Waals surface area contributed by atoms with Crippen LogP contribution in [0.25, 0.3) is 0 Å². The fourth-order valence-corrected chi connectivity index (χ4v) is 4.32. The van der Waals surface area contributed by atoms with Crippen molar-refractivity contribution in [2.45, 2.75) is 12.8 Å². The number of hydrogen-bond donors (Lipinski definition) is 1. The highest BCUT2D eigenvalue weighted by atomic mass is 32.2. The van der Waals surface area contributed by atoms with Gasteiger partial charge in [-0.1, -0.05) is 0 Å². The number of non-ortho nitro benzene ring substituents is 1. The van der Waals surface area contributed by atoms with Crippen molar-refractivity contribution in [1.82, 2.24) is 9.62 Å². The molecule has 3 rings (SSSR count). The minimum Gasteiger partial charge on any atom is -0.497 e. The molecule has 2 aromatic rings. The number of nitrogens with one attached hydrogen (secondary N) is 1. The Labute approximate surface area is 186 Å². The first-order valence-corrected chi connectivity index (χ1v) is 11.9. The van der Waals surface area contributed by atoms with Gasteiger partial charge in [0.25, 0.3) is 11.6 Å². The molecule has 1 aliphatic rings. The van der Waals surface area contributed by atoms with Gasteiger partial charge >= 0.3 is 0 Å². The molecule has 10 nitrogen and oxygen atoms in total. The van der Waals surface area contributed by atoms with E-state index in [0.29, 0.717) is 44.0 Å². The standard InChI is InChI=1S/C21H25N3O7S/c1-30-17-4-6-18(7-5-17)31-20-8-3-16(24(26)27)13-19(20)21(25)22-14-15-9-11-23(12-10-15)32(2,28)29/h3-8,13,15H,9-12,14H2,1-2H3,(H,22,25). The smallest absolute Gasteiger partial charge is 0.270 e. The first kappa shape index (κ1) is 23.5. The van der Waals surface area contributed by atoms with Crippen LogP contribution >= 0.6 is 0 Å². The fraction of sp³-hybridized carbons (Fsp3) is 0.381. The zero-order valence-corrected chi connectivity index (χ0v) is 18.6. The zero-order chi connectivity index (χ0) is 23.3. The zero-order valence-electron chi connectivity index (χ0n) is 17.8. The summed E-state index contributed by atoms with van der Waals surface area (Å²) in [6.07, 6.45) is 2.43. The summed E-state index contributed by atoms with van der Waals surface area (Å²) in [6.45, 7) is 1.14. The van der Waals surface area contributed by atoms with Gasteiger partial charge in [0, 0.05) is 31.8 Å². The number of carbonyl (C=O) groups is 1. The third kappa shape index (κ3) is 5.95. The SMILES string of the molecule is COc1ccc(Oc2ccc([N+](=O)[O-])cc2C(=O)NCC2CCN(S(C)(=O)=O)CC2)cc1. The maximum absolute atomic E-state index is 12.9. The fourth-order valence-electron chi connectivity index (χ4n) is 3.45. The average Bonchev–Trinajstić information content (AvgIpc) is 2.77. The number of hydrogen-bond acceptors (Lipinski definition) is 7. The number of benzene rings is 2. The molecule has 1 amide bonds. The van der Waals surface area contributed by atoms with Crippen molar-refractivity contribution in [2.75, 3.05) is 33.0 Å². The third-order valence-electron chi connectivity index (χ3n) is 5.30. The summed E-state index contributed by atoms with van der Waals surface area (Å²) in [5.74, 6) is 0.886. The van der Waals surface area contributed by atoms with E-state index >= 15 is 0 Å². The normalized spacial score (nSPS) is 15.2. The highest BCUT2D eigenvalue weighted by molar-refractivity contribution is 7.88. The van der Waals surface area contributed by atoms with Gasteiger partial charge in [-0.25, -0.2) is 12.7 Å². The van der Waals surface area contributed by atoms with Gasteiger partial charge in [0.05, 0.1) is 23.9 Å². The van der Waals surface area contributed by atoms with E-state index in [-0.39, 0.29) is 22.9 Å². The van der Waals surface area contributed by atoms with Crippen LogP contribution in [0.1, 0.15) is 23.2 Å². The monoisotopic (exact) mass is 463 g/mol. The van der Waals surface area contributed by atoms with Gasteiger partial charge in [-0.05, 0) is 49.1 Å². The molecule has 1 saturated heterocycles. The van der Waals surface area contributed by atoms with Crippen LogP contribution in [-0.4, -0.2) is 56.6 Å². The van der Waals surface area contributed by atoms with Gasteiger partial charge in [0.2, 0.25) is 10.0 Å². The predicted octanol–water partition coefficient (Wildman–Crippen LogP) is 2.80. The van der Waals surface area contributed by atoms with Crippen molar-refractivity contribution in [2.24, 2.45) is 5.92 Å². The van der Waals surface area contributed by atoms with Crippen LogP contribution in [0.4, 0.5) is 5.69 Å². The van der Waals surface area contributed by atoms with Crippen molar-refractivity contribution in [3.8, 4) is 17.2 Å². The van der Waals surface area contributed by atoms with Crippen molar-refractivity contribution in [1.29, 1.82) is 0 Å². The Bertz CT molecular complexity index is 1080. The van der Waals surface area contributed by atoms with E-state index < -0.39 is 20.9 Å². The summed E-state index contributed by atoms with van der Waals surface area (Å²) in [4.78, 5) is 23.5. The van der Waals surface area contributed by atoms with Crippen LogP contribution in [0.3, 0.4) is 0 Å². The summed E-state index contributed by atoms with van der Waals surface area (Å²) in [6, 6.07) is 10.6. The molecule has 172 valence electrons. The minimum atomic E-state index is -3.22. The number of carbonyl (C=O) groups excluding carboxylic acids is 1. The minimum absolute atomic E-state index is 0.0450. The van der Waals surface area contributed by atoms with Crippen LogP contribution < -0.4 is 14.8 Å². The molecule has 1 heterocycles. The van der Waals surface area contributed by atoms with E-state index in [4.69, 9.17) is 9.47 Å². The number of methoxy groups -OCH3 is 1. The quantitative estimate of drug-likeness (QED) is 0.471. The maximum Gasteiger partial charge on any atom is 0.270 e. The first-order chi connectivity index (χ1) is 15.2. The van der Waals surface area contributed by atoms with E-state index in [9.17, 15) is 23.3 Å². The Morgan fingerprint density at radius 1 is 1.16 bits per heavy atom. The van der Waals surface area contributed by atoms with Crippen molar-refractivity contribution < 1.29 is 27.6 Å². The van der Waals surface area contributed by atoms with E-state index in [1.54, 1.807) is 31.4 Å². The third-order valence-corrected chi connectivity index (χ3v) is 6.60. The number of nitrogens with zero attached hydrogens (tertiary/aromatic N) is 2. The van der Waals surface area contributed by atoms with Gasteiger partial charge in [0.1, 0.15) is 17.2 Å². The molecule has 0 saturated carbocycles. The molecular formula is C21H25N3O7S. The summed E-state index contributed by atoms with van der Waals surface area (Å²) in [5, 5.41) is 14.0. The topological polar surface area (TPSA) is 128 Å². The Kier molecular flexibility index (Phi) is 7.31. The van der Waals surface area contributed by atoms with Crippen LogP contribution in [0.2, 0.25) is 0 Å². The van der Waals surface area contributed by atoms with Crippen molar-refractivity contribution in [3.63, 3.8) is 0 Å². The molecule has 11 heteroatoms. The summed E-state index contributed by atoms with van der Waals surface area (Å²) >= 11 is 0. The van der Waals surface area contributed by atoms with Gasteiger partial charge < -0.3 is 14.8 Å². The predicted molar refractivity (Wildman–Crippen MR) is 118 cm³/mol. The highest BCUT2D eigenvalue weighted by Gasteiger charge is 2.26. The Hall–Kier alpha value is -3.18. The second kappa shape index (κ2) is 9.96. The molecule has 0 radical (unpaired) electrons. The molecule has 0 unspecified atom stereocenters. The lowest BCUT2D eigenvalue weighted by atomic mass is 9.98. The summed E-state index contributed by atoms with van der Waals surface area (Å²) in [7, 11) is -1.68. The molecule has 0 atom stereocenters. The molecule has 1 N–H and O–H groups in total. The molecular weight excluding hydrogens is 438 g/mol. The van der Waals surface area contributed by atoms with Crippen LogP contribution in [0.5, 0.6) is 17.2 Å². The number of piperidine rings is 1. The first-order valence-electron chi connectivity index (χ1n) is 10.0. The van der Waals surface area contributed by atoms with E-state index in [1.165, 1.54) is 28.8 Å². The molecule has 32 heavy (non-hydrogen) atoms. The van der Waals surface area contributed by atoms with E-state index in [2.05, 4.69) is 5.32 Å². The molecule has 1 fully saturated rings. The lowest BCUT2D eigenvalue weighted by molar-refractivity contribution is -0.384. The van der Waals surface area contributed by atoms with Gasteiger partial charge in [0.15, 0.2) is 0 Å². The molecule has 0 spiro atoms.